The van der Waals surface area contributed by atoms with E-state index in [0.29, 0.717) is 5.95 Å². The zero-order valence-electron chi connectivity index (χ0n) is 7.79. The van der Waals surface area contributed by atoms with Crippen LogP contribution < -0.4 is 0 Å². The Kier molecular flexibility index (Phi) is 2.93. The predicted molar refractivity (Wildman–Crippen MR) is 62.2 cm³/mol. The second kappa shape index (κ2) is 4.55. The summed E-state index contributed by atoms with van der Waals surface area (Å²) in [5.41, 5.74) is 1.86. The van der Waals surface area contributed by atoms with Gasteiger partial charge in [0, 0.05) is 11.8 Å². The van der Waals surface area contributed by atoms with Crippen molar-refractivity contribution in [2.24, 2.45) is 4.99 Å². The van der Waals surface area contributed by atoms with Gasteiger partial charge in [-0.3, -0.25) is 0 Å². The Balaban J connectivity index is 2.46. The molecule has 0 spiro atoms. The highest BCUT2D eigenvalue weighted by Crippen LogP contribution is 2.17. The fraction of sp³-hybridized carbons (Fsp3) is 0. The molecule has 0 atom stereocenters. The molecule has 0 radical (unpaired) electrons. The van der Waals surface area contributed by atoms with Crippen LogP contribution in [0.4, 0.5) is 5.95 Å². The maximum Gasteiger partial charge on any atom is 0.259 e. The Morgan fingerprint density at radius 3 is 2.67 bits per heavy atom. The molecule has 0 aliphatic heterocycles. The first-order chi connectivity index (χ1) is 7.40. The first kappa shape index (κ1) is 9.65. The van der Waals surface area contributed by atoms with Crippen LogP contribution in [-0.2, 0) is 0 Å². The van der Waals surface area contributed by atoms with Gasteiger partial charge in [0.2, 0.25) is 0 Å². The zero-order valence-corrected chi connectivity index (χ0v) is 8.61. The average molecular weight is 213 g/mol. The summed E-state index contributed by atoms with van der Waals surface area (Å²) in [6.45, 7) is 0. The highest BCUT2D eigenvalue weighted by molar-refractivity contribution is 7.78. The molecule has 0 bridgehead atoms. The minimum absolute atomic E-state index is 0.339. The third-order valence-corrected chi connectivity index (χ3v) is 1.95. The van der Waals surface area contributed by atoms with Crippen molar-refractivity contribution < 1.29 is 0 Å². The molecular weight excluding hydrogens is 206 g/mol. The number of hydrogen-bond acceptors (Lipinski definition) is 4. The van der Waals surface area contributed by atoms with Crippen LogP contribution in [0.15, 0.2) is 47.6 Å². The van der Waals surface area contributed by atoms with E-state index in [1.807, 2.05) is 36.4 Å². The molecule has 0 amide bonds. The van der Waals surface area contributed by atoms with Gasteiger partial charge in [-0.2, -0.15) is 4.99 Å². The number of hydrogen-bond donors (Lipinski definition) is 0. The number of thiocarbonyl (C=S) groups is 1. The number of aliphatic imine (C=N–C) groups is 1. The normalized spacial score (nSPS) is 9.33. The molecule has 1 heterocycles. The molecule has 4 heteroatoms. The maximum absolute atomic E-state index is 4.50. The molecule has 3 nitrogen and oxygen atoms in total. The average Bonchev–Trinajstić information content (AvgIpc) is 2.31. The molecule has 0 aliphatic rings. The first-order valence-electron chi connectivity index (χ1n) is 4.36. The summed E-state index contributed by atoms with van der Waals surface area (Å²) in [6, 6.07) is 11.7. The Bertz CT molecular complexity index is 504. The van der Waals surface area contributed by atoms with Crippen LogP contribution in [0.1, 0.15) is 0 Å². The van der Waals surface area contributed by atoms with Gasteiger partial charge in [-0.1, -0.05) is 30.3 Å². The van der Waals surface area contributed by atoms with Crippen LogP contribution in [-0.4, -0.2) is 15.1 Å². The molecule has 15 heavy (non-hydrogen) atoms. The van der Waals surface area contributed by atoms with E-state index in [1.165, 1.54) is 0 Å². The van der Waals surface area contributed by atoms with Crippen LogP contribution in [0.25, 0.3) is 11.3 Å². The molecule has 2 aromatic rings. The molecule has 0 aliphatic carbocycles. The van der Waals surface area contributed by atoms with Gasteiger partial charge in [-0.05, 0) is 18.3 Å². The zero-order chi connectivity index (χ0) is 10.5. The van der Waals surface area contributed by atoms with Gasteiger partial charge in [0.05, 0.1) is 10.9 Å². The molecule has 0 fully saturated rings. The van der Waals surface area contributed by atoms with Crippen molar-refractivity contribution >= 4 is 23.3 Å². The monoisotopic (exact) mass is 213 g/mol. The van der Waals surface area contributed by atoms with Crippen molar-refractivity contribution in [3.63, 3.8) is 0 Å². The van der Waals surface area contributed by atoms with E-state index >= 15 is 0 Å². The van der Waals surface area contributed by atoms with E-state index < -0.39 is 0 Å². The second-order valence-corrected chi connectivity index (χ2v) is 2.99. The Hall–Kier alpha value is -1.90. The minimum Gasteiger partial charge on any atom is -0.219 e. The third kappa shape index (κ3) is 2.31. The predicted octanol–water partition coefficient (Wildman–Crippen LogP) is 2.88. The highest BCUT2D eigenvalue weighted by atomic mass is 32.1. The maximum atomic E-state index is 4.50. The summed E-state index contributed by atoms with van der Waals surface area (Å²) in [6.07, 6.45) is 1.65. The molecule has 0 unspecified atom stereocenters. The van der Waals surface area contributed by atoms with E-state index in [2.05, 4.69) is 32.3 Å². The smallest absolute Gasteiger partial charge is 0.219 e. The summed E-state index contributed by atoms with van der Waals surface area (Å²) >= 11 is 4.50. The SMILES string of the molecule is S=C=Nc1nccc(-c2ccccc2)n1. The molecule has 0 N–H and O–H groups in total. The highest BCUT2D eigenvalue weighted by Gasteiger charge is 1.99. The van der Waals surface area contributed by atoms with Gasteiger partial charge in [0.25, 0.3) is 5.95 Å². The minimum atomic E-state index is 0.339. The van der Waals surface area contributed by atoms with Crippen molar-refractivity contribution in [2.45, 2.75) is 0 Å². The quantitative estimate of drug-likeness (QED) is 0.568. The molecule has 1 aromatic carbocycles. The van der Waals surface area contributed by atoms with Gasteiger partial charge in [0.1, 0.15) is 0 Å². The lowest BCUT2D eigenvalue weighted by Gasteiger charge is -1.99. The van der Waals surface area contributed by atoms with Crippen molar-refractivity contribution in [2.75, 3.05) is 0 Å². The molecule has 72 valence electrons. The Morgan fingerprint density at radius 2 is 1.93 bits per heavy atom. The Morgan fingerprint density at radius 1 is 1.13 bits per heavy atom. The molecule has 0 saturated carbocycles. The fourth-order valence-electron chi connectivity index (χ4n) is 1.21. The largest absolute Gasteiger partial charge is 0.259 e. The van der Waals surface area contributed by atoms with Gasteiger partial charge in [-0.15, -0.1) is 0 Å². The number of nitrogens with zero attached hydrogens (tertiary/aromatic N) is 3. The van der Waals surface area contributed by atoms with Crippen molar-refractivity contribution in [3.05, 3.63) is 42.6 Å². The standard InChI is InChI=1S/C11H7N3S/c15-8-13-11-12-7-6-10(14-11)9-4-2-1-3-5-9/h1-7H. The van der Waals surface area contributed by atoms with E-state index in [-0.39, 0.29) is 0 Å². The topological polar surface area (TPSA) is 38.1 Å². The van der Waals surface area contributed by atoms with Crippen LogP contribution in [0, 0.1) is 0 Å². The van der Waals surface area contributed by atoms with Crippen LogP contribution in [0.5, 0.6) is 0 Å². The summed E-state index contributed by atoms with van der Waals surface area (Å²) in [5, 5.41) is 2.25. The van der Waals surface area contributed by atoms with Crippen molar-refractivity contribution in [3.8, 4) is 11.3 Å². The number of isothiocyanates is 1. The summed E-state index contributed by atoms with van der Waals surface area (Å²) in [7, 11) is 0. The lowest BCUT2D eigenvalue weighted by molar-refractivity contribution is 1.15. The Labute approximate surface area is 92.5 Å². The lowest BCUT2D eigenvalue weighted by Crippen LogP contribution is -1.85. The van der Waals surface area contributed by atoms with E-state index in [1.54, 1.807) is 6.20 Å². The van der Waals surface area contributed by atoms with E-state index in [0.717, 1.165) is 11.3 Å². The van der Waals surface area contributed by atoms with Gasteiger partial charge < -0.3 is 0 Å². The van der Waals surface area contributed by atoms with Crippen molar-refractivity contribution in [1.29, 1.82) is 0 Å². The summed E-state index contributed by atoms with van der Waals surface area (Å²) < 4.78 is 0. The lowest BCUT2D eigenvalue weighted by atomic mass is 10.1. The molecule has 2 rings (SSSR count). The fourth-order valence-corrected chi connectivity index (χ4v) is 1.29. The number of rotatable bonds is 2. The summed E-state index contributed by atoms with van der Waals surface area (Å²) in [5.74, 6) is 0.339. The van der Waals surface area contributed by atoms with Crippen LogP contribution in [0.2, 0.25) is 0 Å². The van der Waals surface area contributed by atoms with Gasteiger partial charge >= 0.3 is 0 Å². The van der Waals surface area contributed by atoms with Crippen LogP contribution >= 0.6 is 12.2 Å². The first-order valence-corrected chi connectivity index (χ1v) is 4.77. The second-order valence-electron chi connectivity index (χ2n) is 2.81. The number of benzene rings is 1. The van der Waals surface area contributed by atoms with Crippen molar-refractivity contribution in [1.82, 2.24) is 9.97 Å². The summed E-state index contributed by atoms with van der Waals surface area (Å²) in [4.78, 5) is 11.9. The van der Waals surface area contributed by atoms with Crippen LogP contribution in [0.3, 0.4) is 0 Å². The molecular formula is C11H7N3S. The molecule has 1 aromatic heterocycles. The van der Waals surface area contributed by atoms with Gasteiger partial charge in [-0.25, -0.2) is 9.97 Å². The van der Waals surface area contributed by atoms with E-state index in [4.69, 9.17) is 0 Å². The third-order valence-electron chi connectivity index (χ3n) is 1.86. The number of aromatic nitrogens is 2. The van der Waals surface area contributed by atoms with E-state index in [9.17, 15) is 0 Å². The van der Waals surface area contributed by atoms with Gasteiger partial charge in [0.15, 0.2) is 0 Å². The molecule has 0 saturated heterocycles.